The molecule has 0 aliphatic heterocycles. The summed E-state index contributed by atoms with van der Waals surface area (Å²) in [6.45, 7) is 0. The molecule has 0 radical (unpaired) electrons. The van der Waals surface area contributed by atoms with Gasteiger partial charge < -0.3 is 0 Å². The Morgan fingerprint density at radius 2 is 1.72 bits per heavy atom. The summed E-state index contributed by atoms with van der Waals surface area (Å²) in [6, 6.07) is 18.6. The molecule has 0 saturated heterocycles. The second kappa shape index (κ2) is 5.12. The molecule has 0 atom stereocenters. The Morgan fingerprint density at radius 3 is 2.61 bits per heavy atom. The average molecular weight is 316 g/mol. The lowest BCUT2D eigenvalue weighted by atomic mass is 10.2. The van der Waals surface area contributed by atoms with Gasteiger partial charge in [0.2, 0.25) is 0 Å². The number of benzene rings is 2. The summed E-state index contributed by atoms with van der Waals surface area (Å²) < 4.78 is 1.11. The van der Waals surface area contributed by atoms with Crippen molar-refractivity contribution in [2.45, 2.75) is 9.79 Å². The minimum atomic E-state index is 1.04. The first-order valence-electron chi connectivity index (χ1n) is 5.60. The van der Waals surface area contributed by atoms with E-state index in [4.69, 9.17) is 0 Å². The minimum absolute atomic E-state index is 1.04. The molecule has 1 heterocycles. The number of hydrogen-bond donors (Lipinski definition) is 0. The van der Waals surface area contributed by atoms with Crippen LogP contribution in [0.1, 0.15) is 0 Å². The molecule has 3 heteroatoms. The van der Waals surface area contributed by atoms with Crippen molar-refractivity contribution in [2.24, 2.45) is 0 Å². The normalized spacial score (nSPS) is 10.7. The monoisotopic (exact) mass is 315 g/mol. The molecule has 0 fully saturated rings. The molecule has 0 spiro atoms. The van der Waals surface area contributed by atoms with E-state index >= 15 is 0 Å². The lowest BCUT2D eigenvalue weighted by molar-refractivity contribution is 1.29. The molecule has 2 aromatic carbocycles. The van der Waals surface area contributed by atoms with Crippen LogP contribution in [0.3, 0.4) is 0 Å². The van der Waals surface area contributed by atoms with Crippen LogP contribution >= 0.6 is 27.7 Å². The van der Waals surface area contributed by atoms with Gasteiger partial charge in [-0.25, -0.2) is 0 Å². The predicted molar refractivity (Wildman–Crippen MR) is 80.0 cm³/mol. The molecule has 0 aliphatic carbocycles. The summed E-state index contributed by atoms with van der Waals surface area (Å²) in [6.07, 6.45) is 1.92. The number of hydrogen-bond acceptors (Lipinski definition) is 2. The van der Waals surface area contributed by atoms with E-state index in [2.05, 4.69) is 45.2 Å². The van der Waals surface area contributed by atoms with Gasteiger partial charge in [0.05, 0.1) is 5.52 Å². The van der Waals surface area contributed by atoms with E-state index in [1.807, 2.05) is 36.5 Å². The minimum Gasteiger partial charge on any atom is -0.255 e. The van der Waals surface area contributed by atoms with Crippen LogP contribution in [0.15, 0.2) is 75.1 Å². The first-order chi connectivity index (χ1) is 8.83. The second-order valence-corrected chi connectivity index (χ2v) is 5.87. The van der Waals surface area contributed by atoms with Crippen LogP contribution in [-0.4, -0.2) is 4.98 Å². The van der Waals surface area contributed by atoms with Gasteiger partial charge in [0.15, 0.2) is 0 Å². The maximum absolute atomic E-state index is 4.47. The molecular formula is C15H10BrNS. The van der Waals surface area contributed by atoms with Crippen LogP contribution in [0.4, 0.5) is 0 Å². The Morgan fingerprint density at radius 1 is 0.944 bits per heavy atom. The fraction of sp³-hybridized carbons (Fsp3) is 0. The average Bonchev–Trinajstić information content (AvgIpc) is 2.41. The Labute approximate surface area is 118 Å². The van der Waals surface area contributed by atoms with Crippen molar-refractivity contribution in [1.29, 1.82) is 0 Å². The zero-order valence-electron chi connectivity index (χ0n) is 9.51. The summed E-state index contributed by atoms with van der Waals surface area (Å²) in [7, 11) is 0. The van der Waals surface area contributed by atoms with Crippen molar-refractivity contribution in [3.8, 4) is 0 Å². The Hall–Kier alpha value is -1.32. The van der Waals surface area contributed by atoms with Crippen LogP contribution in [0.5, 0.6) is 0 Å². The Balaban J connectivity index is 1.98. The zero-order chi connectivity index (χ0) is 12.4. The summed E-state index contributed by atoms with van der Waals surface area (Å²) in [5.41, 5.74) is 1.04. The highest BCUT2D eigenvalue weighted by molar-refractivity contribution is 9.10. The quantitative estimate of drug-likeness (QED) is 0.648. The lowest BCUT2D eigenvalue weighted by Gasteiger charge is -2.04. The van der Waals surface area contributed by atoms with Gasteiger partial charge in [0.1, 0.15) is 0 Å². The molecule has 0 unspecified atom stereocenters. The fourth-order valence-electron chi connectivity index (χ4n) is 1.76. The molecule has 3 aromatic rings. The van der Waals surface area contributed by atoms with Crippen molar-refractivity contribution >= 4 is 38.6 Å². The van der Waals surface area contributed by atoms with Crippen molar-refractivity contribution in [1.82, 2.24) is 4.98 Å². The molecule has 0 bridgehead atoms. The molecule has 0 N–H and O–H groups in total. The highest BCUT2D eigenvalue weighted by Crippen LogP contribution is 2.33. The molecule has 1 nitrogen and oxygen atoms in total. The number of aromatic nitrogens is 1. The first-order valence-corrected chi connectivity index (χ1v) is 7.21. The Bertz CT molecular complexity index is 697. The maximum atomic E-state index is 4.47. The van der Waals surface area contributed by atoms with E-state index in [1.165, 1.54) is 10.3 Å². The summed E-state index contributed by atoms with van der Waals surface area (Å²) in [5, 5.41) is 1.18. The van der Waals surface area contributed by atoms with Crippen molar-refractivity contribution in [3.63, 3.8) is 0 Å². The molecule has 0 amide bonds. The molecule has 0 aliphatic rings. The number of fused-ring (bicyclic) bond motifs is 1. The molecule has 18 heavy (non-hydrogen) atoms. The van der Waals surface area contributed by atoms with Crippen molar-refractivity contribution in [2.75, 3.05) is 0 Å². The molecular weight excluding hydrogens is 306 g/mol. The Kier molecular flexibility index (Phi) is 3.35. The van der Waals surface area contributed by atoms with Crippen molar-refractivity contribution < 1.29 is 0 Å². The third-order valence-electron chi connectivity index (χ3n) is 2.63. The zero-order valence-corrected chi connectivity index (χ0v) is 11.9. The standard InChI is InChI=1S/C15H10BrNS/c16-13-6-2-4-8-15(13)18-12-9-11-5-1-3-7-14(11)17-10-12/h1-10H. The fourth-order valence-corrected chi connectivity index (χ4v) is 3.15. The van der Waals surface area contributed by atoms with Gasteiger partial charge in [-0.05, 0) is 40.2 Å². The van der Waals surface area contributed by atoms with Crippen LogP contribution in [0.25, 0.3) is 10.9 Å². The number of pyridine rings is 1. The van der Waals surface area contributed by atoms with Gasteiger partial charge in [0.25, 0.3) is 0 Å². The maximum Gasteiger partial charge on any atom is 0.0702 e. The second-order valence-electron chi connectivity index (χ2n) is 3.90. The lowest BCUT2D eigenvalue weighted by Crippen LogP contribution is -1.81. The summed E-state index contributed by atoms with van der Waals surface area (Å²) >= 11 is 5.28. The van der Waals surface area contributed by atoms with Crippen LogP contribution < -0.4 is 0 Å². The van der Waals surface area contributed by atoms with Gasteiger partial charge in [-0.15, -0.1) is 0 Å². The van der Waals surface area contributed by atoms with Gasteiger partial charge >= 0.3 is 0 Å². The van der Waals surface area contributed by atoms with E-state index in [-0.39, 0.29) is 0 Å². The number of rotatable bonds is 2. The number of para-hydroxylation sites is 1. The van der Waals surface area contributed by atoms with E-state index in [0.29, 0.717) is 0 Å². The van der Waals surface area contributed by atoms with Crippen molar-refractivity contribution in [3.05, 3.63) is 65.3 Å². The molecule has 0 saturated carbocycles. The van der Waals surface area contributed by atoms with Crippen LogP contribution in [0.2, 0.25) is 0 Å². The van der Waals surface area contributed by atoms with E-state index in [1.54, 1.807) is 11.8 Å². The third-order valence-corrected chi connectivity index (χ3v) is 4.62. The smallest absolute Gasteiger partial charge is 0.0702 e. The van der Waals surface area contributed by atoms with E-state index < -0.39 is 0 Å². The first kappa shape index (κ1) is 11.8. The summed E-state index contributed by atoms with van der Waals surface area (Å²) in [4.78, 5) is 6.83. The van der Waals surface area contributed by atoms with Gasteiger partial charge in [0, 0.05) is 25.8 Å². The van der Waals surface area contributed by atoms with Gasteiger partial charge in [-0.1, -0.05) is 42.1 Å². The van der Waals surface area contributed by atoms with Gasteiger partial charge in [-0.3, -0.25) is 4.98 Å². The molecule has 3 rings (SSSR count). The highest BCUT2D eigenvalue weighted by atomic mass is 79.9. The van der Waals surface area contributed by atoms with E-state index in [0.717, 1.165) is 14.9 Å². The topological polar surface area (TPSA) is 12.9 Å². The highest BCUT2D eigenvalue weighted by Gasteiger charge is 2.03. The number of nitrogens with zero attached hydrogens (tertiary/aromatic N) is 1. The largest absolute Gasteiger partial charge is 0.255 e. The predicted octanol–water partition coefficient (Wildman–Crippen LogP) is 5.15. The van der Waals surface area contributed by atoms with Gasteiger partial charge in [-0.2, -0.15) is 0 Å². The van der Waals surface area contributed by atoms with Crippen LogP contribution in [-0.2, 0) is 0 Å². The summed E-state index contributed by atoms with van der Waals surface area (Å²) in [5.74, 6) is 0. The molecule has 88 valence electrons. The number of halogens is 1. The SMILES string of the molecule is Brc1ccccc1Sc1cnc2ccccc2c1. The van der Waals surface area contributed by atoms with E-state index in [9.17, 15) is 0 Å². The molecule has 1 aromatic heterocycles. The van der Waals surface area contributed by atoms with Crippen LogP contribution in [0, 0.1) is 0 Å². The third kappa shape index (κ3) is 2.42.